The van der Waals surface area contributed by atoms with Crippen molar-refractivity contribution in [2.75, 3.05) is 6.26 Å². The molecule has 0 aliphatic rings. The van der Waals surface area contributed by atoms with E-state index in [2.05, 4.69) is 10.1 Å². The van der Waals surface area contributed by atoms with Crippen molar-refractivity contribution in [2.45, 2.75) is 24.3 Å². The number of benzene rings is 1. The van der Waals surface area contributed by atoms with E-state index in [-0.39, 0.29) is 0 Å². The summed E-state index contributed by atoms with van der Waals surface area (Å²) in [5.41, 5.74) is 6.22. The van der Waals surface area contributed by atoms with Gasteiger partial charge in [0.15, 0.2) is 0 Å². The average molecular weight is 249 g/mol. The van der Waals surface area contributed by atoms with Crippen LogP contribution in [-0.2, 0) is 5.54 Å². The van der Waals surface area contributed by atoms with Crippen LogP contribution in [0.2, 0.25) is 0 Å². The minimum atomic E-state index is -0.607. The third kappa shape index (κ3) is 2.68. The van der Waals surface area contributed by atoms with Crippen LogP contribution in [0, 0.1) is 0 Å². The molecule has 0 aliphatic carbocycles. The highest BCUT2D eigenvalue weighted by Gasteiger charge is 2.22. The first-order valence-corrected chi connectivity index (χ1v) is 6.50. The quantitative estimate of drug-likeness (QED) is 0.847. The first kappa shape index (κ1) is 12.1. The third-order valence-corrected chi connectivity index (χ3v) is 3.07. The fourth-order valence-electron chi connectivity index (χ4n) is 1.34. The van der Waals surface area contributed by atoms with Gasteiger partial charge in [0.2, 0.25) is 11.7 Å². The van der Waals surface area contributed by atoms with Crippen LogP contribution < -0.4 is 5.73 Å². The van der Waals surface area contributed by atoms with E-state index >= 15 is 0 Å². The lowest BCUT2D eigenvalue weighted by molar-refractivity contribution is 0.312. The summed E-state index contributed by atoms with van der Waals surface area (Å²) in [4.78, 5) is 5.50. The van der Waals surface area contributed by atoms with Crippen LogP contribution in [0.1, 0.15) is 19.7 Å². The molecule has 1 aromatic heterocycles. The average Bonchev–Trinajstić information content (AvgIpc) is 2.78. The van der Waals surface area contributed by atoms with Crippen molar-refractivity contribution < 1.29 is 4.52 Å². The van der Waals surface area contributed by atoms with Crippen molar-refractivity contribution in [3.8, 4) is 11.4 Å². The molecule has 0 spiro atoms. The Bertz CT molecular complexity index is 499. The van der Waals surface area contributed by atoms with Crippen LogP contribution >= 0.6 is 11.8 Å². The summed E-state index contributed by atoms with van der Waals surface area (Å²) in [7, 11) is 0. The molecule has 17 heavy (non-hydrogen) atoms. The molecule has 0 amide bonds. The molecule has 1 aromatic carbocycles. The number of aromatic nitrogens is 2. The van der Waals surface area contributed by atoms with E-state index in [0.29, 0.717) is 11.7 Å². The van der Waals surface area contributed by atoms with Crippen molar-refractivity contribution in [1.82, 2.24) is 10.1 Å². The summed E-state index contributed by atoms with van der Waals surface area (Å²) in [6.07, 6.45) is 2.04. The van der Waals surface area contributed by atoms with E-state index in [1.54, 1.807) is 11.8 Å². The Morgan fingerprint density at radius 3 is 2.35 bits per heavy atom. The second kappa shape index (κ2) is 4.50. The molecule has 0 atom stereocenters. The highest BCUT2D eigenvalue weighted by molar-refractivity contribution is 7.98. The van der Waals surface area contributed by atoms with Gasteiger partial charge in [-0.1, -0.05) is 5.16 Å². The molecule has 0 unspecified atom stereocenters. The zero-order valence-corrected chi connectivity index (χ0v) is 10.9. The third-order valence-electron chi connectivity index (χ3n) is 2.33. The Labute approximate surface area is 105 Å². The number of nitrogens with two attached hydrogens (primary N) is 1. The number of thioether (sulfide) groups is 1. The van der Waals surface area contributed by atoms with E-state index in [4.69, 9.17) is 10.3 Å². The van der Waals surface area contributed by atoms with Gasteiger partial charge < -0.3 is 10.3 Å². The van der Waals surface area contributed by atoms with E-state index in [1.165, 1.54) is 4.90 Å². The van der Waals surface area contributed by atoms with Gasteiger partial charge in [0.1, 0.15) is 0 Å². The molecule has 0 bridgehead atoms. The largest absolute Gasteiger partial charge is 0.337 e. The summed E-state index contributed by atoms with van der Waals surface area (Å²) >= 11 is 1.70. The highest BCUT2D eigenvalue weighted by Crippen LogP contribution is 2.23. The molecule has 1 heterocycles. The molecule has 2 aromatic rings. The normalized spacial score (nSPS) is 11.8. The fourth-order valence-corrected chi connectivity index (χ4v) is 1.75. The van der Waals surface area contributed by atoms with Gasteiger partial charge in [0, 0.05) is 10.5 Å². The molecule has 2 N–H and O–H groups in total. The maximum absolute atomic E-state index is 5.89. The summed E-state index contributed by atoms with van der Waals surface area (Å²) in [6, 6.07) is 8.02. The van der Waals surface area contributed by atoms with Gasteiger partial charge in [-0.05, 0) is 44.4 Å². The van der Waals surface area contributed by atoms with Crippen LogP contribution in [0.5, 0.6) is 0 Å². The lowest BCUT2D eigenvalue weighted by Crippen LogP contribution is -2.28. The number of hydrogen-bond donors (Lipinski definition) is 1. The van der Waals surface area contributed by atoms with E-state index in [1.807, 2.05) is 44.4 Å². The molecule has 5 heteroatoms. The predicted molar refractivity (Wildman–Crippen MR) is 68.7 cm³/mol. The van der Waals surface area contributed by atoms with Gasteiger partial charge in [-0.25, -0.2) is 0 Å². The van der Waals surface area contributed by atoms with Crippen molar-refractivity contribution in [3.63, 3.8) is 0 Å². The number of hydrogen-bond acceptors (Lipinski definition) is 5. The van der Waals surface area contributed by atoms with E-state index in [0.717, 1.165) is 5.56 Å². The molecule has 4 nitrogen and oxygen atoms in total. The molecule has 0 radical (unpaired) electrons. The SMILES string of the molecule is CSc1ccc(-c2noc(C(C)(C)N)n2)cc1. The highest BCUT2D eigenvalue weighted by atomic mass is 32.2. The zero-order chi connectivity index (χ0) is 12.5. The van der Waals surface area contributed by atoms with Crippen LogP contribution in [-0.4, -0.2) is 16.4 Å². The summed E-state index contributed by atoms with van der Waals surface area (Å²) in [5, 5.41) is 3.94. The van der Waals surface area contributed by atoms with Crippen molar-refractivity contribution in [2.24, 2.45) is 5.73 Å². The van der Waals surface area contributed by atoms with Gasteiger partial charge in [0.25, 0.3) is 0 Å². The summed E-state index contributed by atoms with van der Waals surface area (Å²) in [5.74, 6) is 1.02. The smallest absolute Gasteiger partial charge is 0.246 e. The van der Waals surface area contributed by atoms with E-state index in [9.17, 15) is 0 Å². The molecule has 0 aliphatic heterocycles. The predicted octanol–water partition coefficient (Wildman–Crippen LogP) is 2.65. The lowest BCUT2D eigenvalue weighted by Gasteiger charge is -2.10. The van der Waals surface area contributed by atoms with E-state index < -0.39 is 5.54 Å². The van der Waals surface area contributed by atoms with Crippen molar-refractivity contribution in [1.29, 1.82) is 0 Å². The number of nitrogens with zero attached hydrogens (tertiary/aromatic N) is 2. The number of rotatable bonds is 3. The molecule has 0 saturated heterocycles. The Hall–Kier alpha value is -1.33. The molecule has 2 rings (SSSR count). The zero-order valence-electron chi connectivity index (χ0n) is 10.1. The first-order chi connectivity index (χ1) is 8.00. The van der Waals surface area contributed by atoms with Crippen molar-refractivity contribution >= 4 is 11.8 Å². The minimum absolute atomic E-state index is 0.446. The minimum Gasteiger partial charge on any atom is -0.337 e. The van der Waals surface area contributed by atoms with Crippen LogP contribution in [0.25, 0.3) is 11.4 Å². The monoisotopic (exact) mass is 249 g/mol. The molecule has 0 fully saturated rings. The molecule has 90 valence electrons. The summed E-state index contributed by atoms with van der Waals surface area (Å²) < 4.78 is 5.15. The van der Waals surface area contributed by atoms with Crippen LogP contribution in [0.15, 0.2) is 33.7 Å². The first-order valence-electron chi connectivity index (χ1n) is 5.28. The summed E-state index contributed by atoms with van der Waals surface area (Å²) in [6.45, 7) is 3.67. The topological polar surface area (TPSA) is 64.9 Å². The molecular weight excluding hydrogens is 234 g/mol. The maximum Gasteiger partial charge on any atom is 0.246 e. The Morgan fingerprint density at radius 1 is 1.24 bits per heavy atom. The second-order valence-electron chi connectivity index (χ2n) is 4.37. The maximum atomic E-state index is 5.89. The second-order valence-corrected chi connectivity index (χ2v) is 5.25. The fraction of sp³-hybridized carbons (Fsp3) is 0.333. The van der Waals surface area contributed by atoms with Gasteiger partial charge in [-0.15, -0.1) is 11.8 Å². The Balaban J connectivity index is 2.30. The lowest BCUT2D eigenvalue weighted by atomic mass is 10.1. The van der Waals surface area contributed by atoms with Crippen LogP contribution in [0.4, 0.5) is 0 Å². The molecular formula is C12H15N3OS. The molecule has 0 saturated carbocycles. The van der Waals surface area contributed by atoms with Gasteiger partial charge >= 0.3 is 0 Å². The Kier molecular flexibility index (Phi) is 3.22. The van der Waals surface area contributed by atoms with Crippen molar-refractivity contribution in [3.05, 3.63) is 30.2 Å². The van der Waals surface area contributed by atoms with Crippen LogP contribution in [0.3, 0.4) is 0 Å². The Morgan fingerprint density at radius 2 is 1.88 bits per heavy atom. The van der Waals surface area contributed by atoms with Gasteiger partial charge in [-0.2, -0.15) is 4.98 Å². The van der Waals surface area contributed by atoms with Gasteiger partial charge in [-0.3, -0.25) is 0 Å². The standard InChI is InChI=1S/C12H15N3OS/c1-12(2,13)11-14-10(15-16-11)8-4-6-9(17-3)7-5-8/h4-7H,13H2,1-3H3. The van der Waals surface area contributed by atoms with Gasteiger partial charge in [0.05, 0.1) is 5.54 Å².